The fourth-order valence-electron chi connectivity index (χ4n) is 5.53. The average Bonchev–Trinajstić information content (AvgIpc) is 3.25. The van der Waals surface area contributed by atoms with Gasteiger partial charge < -0.3 is 14.7 Å². The minimum atomic E-state index is -0.305. The van der Waals surface area contributed by atoms with Crippen molar-refractivity contribution < 1.29 is 9.59 Å². The number of hydrogen-bond donors (Lipinski definition) is 0. The van der Waals surface area contributed by atoms with Crippen molar-refractivity contribution in [2.24, 2.45) is 16.7 Å². The van der Waals surface area contributed by atoms with Crippen LogP contribution in [0.1, 0.15) is 46.0 Å². The van der Waals surface area contributed by atoms with Crippen molar-refractivity contribution in [3.63, 3.8) is 0 Å². The first kappa shape index (κ1) is 16.4. The lowest BCUT2D eigenvalue weighted by molar-refractivity contribution is -0.142. The number of rotatable bonds is 3. The summed E-state index contributed by atoms with van der Waals surface area (Å²) in [7, 11) is 0. The second kappa shape index (κ2) is 5.72. The zero-order valence-electron chi connectivity index (χ0n) is 15.2. The Kier molecular flexibility index (Phi) is 3.90. The summed E-state index contributed by atoms with van der Waals surface area (Å²) in [5.74, 6) is 1.38. The molecule has 0 radical (unpaired) electrons. The Bertz CT molecular complexity index is 537. The Morgan fingerprint density at radius 3 is 2.38 bits per heavy atom. The molecule has 0 N–H and O–H groups in total. The number of amides is 2. The van der Waals surface area contributed by atoms with E-state index >= 15 is 0 Å². The third-order valence-electron chi connectivity index (χ3n) is 7.33. The third kappa shape index (κ3) is 2.39. The zero-order valence-corrected chi connectivity index (χ0v) is 15.2. The smallest absolute Gasteiger partial charge is 0.231 e. The Balaban J connectivity index is 1.57. The molecule has 5 heteroatoms. The quantitative estimate of drug-likeness (QED) is 0.788. The maximum atomic E-state index is 13.2. The molecule has 3 aliphatic heterocycles. The molecule has 134 valence electrons. The molecule has 0 aromatic carbocycles. The van der Waals surface area contributed by atoms with Crippen LogP contribution in [0.5, 0.6) is 0 Å². The van der Waals surface area contributed by atoms with E-state index in [9.17, 15) is 9.59 Å². The Morgan fingerprint density at radius 1 is 1.12 bits per heavy atom. The maximum Gasteiger partial charge on any atom is 0.231 e. The van der Waals surface area contributed by atoms with Crippen LogP contribution >= 0.6 is 0 Å². The lowest BCUT2D eigenvalue weighted by Crippen LogP contribution is -2.53. The van der Waals surface area contributed by atoms with E-state index in [1.165, 1.54) is 19.4 Å². The highest BCUT2D eigenvalue weighted by atomic mass is 16.2. The van der Waals surface area contributed by atoms with Crippen molar-refractivity contribution in [2.45, 2.75) is 46.0 Å². The van der Waals surface area contributed by atoms with Crippen molar-refractivity contribution >= 4 is 11.8 Å². The van der Waals surface area contributed by atoms with Gasteiger partial charge >= 0.3 is 0 Å². The molecule has 4 fully saturated rings. The first-order valence-electron chi connectivity index (χ1n) is 9.77. The Morgan fingerprint density at radius 2 is 1.83 bits per heavy atom. The number of nitrogens with zero attached hydrogens (tertiary/aromatic N) is 3. The molecule has 24 heavy (non-hydrogen) atoms. The lowest BCUT2D eigenvalue weighted by atomic mass is 9.60. The van der Waals surface area contributed by atoms with Crippen LogP contribution in [0.15, 0.2) is 0 Å². The minimum Gasteiger partial charge on any atom is -0.342 e. The fraction of sp³-hybridized carbons (Fsp3) is 0.895. The van der Waals surface area contributed by atoms with Gasteiger partial charge in [0.2, 0.25) is 11.8 Å². The minimum absolute atomic E-state index is 0.0136. The predicted octanol–water partition coefficient (Wildman–Crippen LogP) is 1.58. The molecular weight excluding hydrogens is 302 g/mol. The average molecular weight is 333 g/mol. The van der Waals surface area contributed by atoms with Crippen LogP contribution in [0.2, 0.25) is 0 Å². The number of fused-ring (bicyclic) bond motifs is 1. The molecule has 3 saturated heterocycles. The monoisotopic (exact) mass is 333 g/mol. The van der Waals surface area contributed by atoms with Gasteiger partial charge in [-0.15, -0.1) is 0 Å². The molecule has 4 aliphatic rings. The number of carbonyl (C=O) groups excluding carboxylic acids is 2. The van der Waals surface area contributed by atoms with Gasteiger partial charge in [0.1, 0.15) is 0 Å². The van der Waals surface area contributed by atoms with Gasteiger partial charge in [-0.1, -0.05) is 0 Å². The number of hydrogen-bond acceptors (Lipinski definition) is 3. The fourth-order valence-corrected chi connectivity index (χ4v) is 5.53. The molecule has 0 aromatic rings. The summed E-state index contributed by atoms with van der Waals surface area (Å²) in [6, 6.07) is 0. The van der Waals surface area contributed by atoms with Crippen LogP contribution in [0, 0.1) is 16.7 Å². The van der Waals surface area contributed by atoms with Crippen LogP contribution < -0.4 is 0 Å². The highest BCUT2D eigenvalue weighted by Crippen LogP contribution is 2.57. The van der Waals surface area contributed by atoms with Gasteiger partial charge in [0.05, 0.1) is 5.41 Å². The molecule has 1 atom stereocenters. The van der Waals surface area contributed by atoms with Crippen molar-refractivity contribution in [2.75, 3.05) is 45.8 Å². The van der Waals surface area contributed by atoms with Crippen LogP contribution in [0.3, 0.4) is 0 Å². The molecule has 1 unspecified atom stereocenters. The van der Waals surface area contributed by atoms with Crippen molar-refractivity contribution in [3.8, 4) is 0 Å². The van der Waals surface area contributed by atoms with Gasteiger partial charge in [0.15, 0.2) is 0 Å². The van der Waals surface area contributed by atoms with Gasteiger partial charge in [-0.05, 0) is 58.0 Å². The topological polar surface area (TPSA) is 43.9 Å². The molecule has 5 nitrogen and oxygen atoms in total. The van der Waals surface area contributed by atoms with E-state index in [4.69, 9.17) is 0 Å². The van der Waals surface area contributed by atoms with E-state index in [1.807, 2.05) is 9.80 Å². The standard InChI is InChI=1S/C19H31N3O2/c1-3-21-11-8-19(17(21)24)14-22(15(2)23)13-18(19)6-9-20(10-7-18)12-16-4-5-16/h16H,3-14H2,1-2H3. The molecule has 1 saturated carbocycles. The van der Waals surface area contributed by atoms with Crippen LogP contribution in [-0.4, -0.2) is 72.3 Å². The second-order valence-electron chi connectivity index (χ2n) is 8.62. The normalized spacial score (nSPS) is 33.2. The molecule has 3 heterocycles. The third-order valence-corrected chi connectivity index (χ3v) is 7.33. The number of carbonyl (C=O) groups is 2. The Labute approximate surface area is 145 Å². The van der Waals surface area contributed by atoms with Crippen LogP contribution in [-0.2, 0) is 9.59 Å². The molecule has 4 rings (SSSR count). The number of piperidine rings is 1. The van der Waals surface area contributed by atoms with Gasteiger partial charge in [-0.25, -0.2) is 0 Å². The summed E-state index contributed by atoms with van der Waals surface area (Å²) < 4.78 is 0. The van der Waals surface area contributed by atoms with E-state index in [2.05, 4.69) is 11.8 Å². The highest BCUT2D eigenvalue weighted by molar-refractivity contribution is 5.88. The summed E-state index contributed by atoms with van der Waals surface area (Å²) in [6.45, 7) is 10.3. The summed E-state index contributed by atoms with van der Waals surface area (Å²) >= 11 is 0. The summed E-state index contributed by atoms with van der Waals surface area (Å²) in [6.07, 6.45) is 5.88. The molecule has 0 bridgehead atoms. The molecule has 2 spiro atoms. The van der Waals surface area contributed by atoms with E-state index in [0.717, 1.165) is 57.9 Å². The molecule has 0 aromatic heterocycles. The predicted molar refractivity (Wildman–Crippen MR) is 92.4 cm³/mol. The summed E-state index contributed by atoms with van der Waals surface area (Å²) in [4.78, 5) is 31.9. The van der Waals surface area contributed by atoms with E-state index < -0.39 is 0 Å². The summed E-state index contributed by atoms with van der Waals surface area (Å²) in [5.41, 5.74) is -0.292. The van der Waals surface area contributed by atoms with Gasteiger partial charge in [0.25, 0.3) is 0 Å². The van der Waals surface area contributed by atoms with E-state index in [0.29, 0.717) is 12.5 Å². The first-order valence-corrected chi connectivity index (χ1v) is 9.77. The second-order valence-corrected chi connectivity index (χ2v) is 8.62. The van der Waals surface area contributed by atoms with Gasteiger partial charge in [0, 0.05) is 45.1 Å². The largest absolute Gasteiger partial charge is 0.342 e. The molecule has 1 aliphatic carbocycles. The van der Waals surface area contributed by atoms with Crippen molar-refractivity contribution in [3.05, 3.63) is 0 Å². The van der Waals surface area contributed by atoms with Crippen molar-refractivity contribution in [1.29, 1.82) is 0 Å². The van der Waals surface area contributed by atoms with Crippen LogP contribution in [0.4, 0.5) is 0 Å². The maximum absolute atomic E-state index is 13.2. The first-order chi connectivity index (χ1) is 11.5. The zero-order chi connectivity index (χ0) is 16.9. The Hall–Kier alpha value is -1.10. The highest BCUT2D eigenvalue weighted by Gasteiger charge is 2.65. The van der Waals surface area contributed by atoms with Crippen molar-refractivity contribution in [1.82, 2.24) is 14.7 Å². The number of likely N-dealkylation sites (tertiary alicyclic amines) is 3. The summed E-state index contributed by atoms with van der Waals surface area (Å²) in [5, 5.41) is 0. The van der Waals surface area contributed by atoms with Crippen LogP contribution in [0.25, 0.3) is 0 Å². The lowest BCUT2D eigenvalue weighted by Gasteiger charge is -2.46. The van der Waals surface area contributed by atoms with Gasteiger partial charge in [-0.2, -0.15) is 0 Å². The molecule has 2 amide bonds. The van der Waals surface area contributed by atoms with E-state index in [1.54, 1.807) is 6.92 Å². The SMILES string of the molecule is CCN1CCC2(CN(C(C)=O)CC23CCN(CC2CC2)CC3)C1=O. The van der Waals surface area contributed by atoms with Gasteiger partial charge in [-0.3, -0.25) is 9.59 Å². The molecular formula is C19H31N3O2. The van der Waals surface area contributed by atoms with E-state index in [-0.39, 0.29) is 16.7 Å².